The second-order valence-corrected chi connectivity index (χ2v) is 7.34. The van der Waals surface area contributed by atoms with E-state index < -0.39 is 29.5 Å². The van der Waals surface area contributed by atoms with Crippen molar-refractivity contribution in [3.63, 3.8) is 0 Å². The molecule has 0 N–H and O–H groups in total. The Morgan fingerprint density at radius 2 is 2.04 bits per heavy atom. The van der Waals surface area contributed by atoms with Gasteiger partial charge in [0.1, 0.15) is 5.60 Å². The summed E-state index contributed by atoms with van der Waals surface area (Å²) < 4.78 is 6.08. The first-order valence-corrected chi connectivity index (χ1v) is 8.47. The maximum atomic E-state index is 13.3. The fraction of sp³-hybridized carbons (Fsp3) is 0.400. The van der Waals surface area contributed by atoms with Crippen LogP contribution in [0.3, 0.4) is 0 Å². The molecular formula is C20H20NO4-. The zero-order chi connectivity index (χ0) is 17.9. The van der Waals surface area contributed by atoms with Crippen molar-refractivity contribution in [3.8, 4) is 0 Å². The van der Waals surface area contributed by atoms with Gasteiger partial charge in [0.05, 0.1) is 18.1 Å². The number of fused-ring (bicyclic) bond motifs is 1. The third kappa shape index (κ3) is 2.12. The quantitative estimate of drug-likeness (QED) is 0.778. The molecule has 5 atom stereocenters. The third-order valence-corrected chi connectivity index (χ3v) is 5.55. The first-order valence-electron chi connectivity index (χ1n) is 8.47. The van der Waals surface area contributed by atoms with Crippen molar-refractivity contribution in [2.24, 2.45) is 11.8 Å². The number of nitrogens with zero attached hydrogens (tertiary/aromatic N) is 1. The van der Waals surface area contributed by atoms with Gasteiger partial charge < -0.3 is 19.5 Å². The van der Waals surface area contributed by atoms with E-state index in [9.17, 15) is 14.7 Å². The van der Waals surface area contributed by atoms with Gasteiger partial charge in [0.25, 0.3) is 0 Å². The number of rotatable bonds is 4. The smallest absolute Gasteiger partial charge is 0.234 e. The van der Waals surface area contributed by atoms with Gasteiger partial charge in [0.2, 0.25) is 5.91 Å². The molecule has 3 aliphatic heterocycles. The molecule has 2 fully saturated rings. The molecule has 4 rings (SSSR count). The van der Waals surface area contributed by atoms with Crippen LogP contribution in [0.2, 0.25) is 0 Å². The second kappa shape index (κ2) is 5.30. The number of carbonyl (C=O) groups excluding carboxylic acids is 2. The standard InChI is InChI=1S/C20H21NO4/c1-11(2)10-15-20-9-8-14(25-20)16(19(23)24)17(20)18(22)21(15)13-6-4-12(3)5-7-13/h4-9,14-17H,1,10H2,2-3H3,(H,23,24)/p-1/t14-,15+,16-,17-,20+/m1/s1. The van der Waals surface area contributed by atoms with E-state index in [4.69, 9.17) is 4.74 Å². The predicted molar refractivity (Wildman–Crippen MR) is 90.6 cm³/mol. The average molecular weight is 338 g/mol. The lowest BCUT2D eigenvalue weighted by Crippen LogP contribution is -2.46. The summed E-state index contributed by atoms with van der Waals surface area (Å²) >= 11 is 0. The second-order valence-electron chi connectivity index (χ2n) is 7.34. The fourth-order valence-electron chi connectivity index (χ4n) is 4.51. The van der Waals surface area contributed by atoms with E-state index in [-0.39, 0.29) is 11.9 Å². The molecule has 0 aliphatic carbocycles. The van der Waals surface area contributed by atoms with Crippen LogP contribution in [0.5, 0.6) is 0 Å². The molecule has 1 aromatic carbocycles. The third-order valence-electron chi connectivity index (χ3n) is 5.55. The van der Waals surface area contributed by atoms with Gasteiger partial charge in [-0.3, -0.25) is 4.79 Å². The molecule has 2 bridgehead atoms. The van der Waals surface area contributed by atoms with Gasteiger partial charge in [-0.15, -0.1) is 6.58 Å². The highest BCUT2D eigenvalue weighted by Gasteiger charge is 2.69. The molecular weight excluding hydrogens is 318 g/mol. The molecule has 2 saturated heterocycles. The number of amides is 1. The van der Waals surface area contributed by atoms with Crippen LogP contribution in [0.4, 0.5) is 5.69 Å². The first kappa shape index (κ1) is 16.1. The molecule has 5 nitrogen and oxygen atoms in total. The van der Waals surface area contributed by atoms with Crippen molar-refractivity contribution < 1.29 is 19.4 Å². The number of carboxylic acids is 1. The van der Waals surface area contributed by atoms with E-state index in [1.54, 1.807) is 11.0 Å². The van der Waals surface area contributed by atoms with E-state index in [0.29, 0.717) is 6.42 Å². The lowest BCUT2D eigenvalue weighted by molar-refractivity contribution is -0.313. The van der Waals surface area contributed by atoms with Crippen LogP contribution in [0.25, 0.3) is 0 Å². The SMILES string of the molecule is C=C(C)C[C@@H]1N(c2ccc(C)cc2)C(=O)[C@H]2[C@H](C(=O)[O-])[C@H]3C=C[C@]12O3. The summed E-state index contributed by atoms with van der Waals surface area (Å²) in [6.45, 7) is 7.87. The van der Waals surface area contributed by atoms with Crippen molar-refractivity contribution in [2.45, 2.75) is 38.0 Å². The number of ether oxygens (including phenoxy) is 1. The summed E-state index contributed by atoms with van der Waals surface area (Å²) in [5, 5.41) is 11.7. The van der Waals surface area contributed by atoms with Gasteiger partial charge in [-0.2, -0.15) is 0 Å². The Kier molecular flexibility index (Phi) is 3.41. The molecule has 0 saturated carbocycles. The van der Waals surface area contributed by atoms with Gasteiger partial charge in [-0.05, 0) is 32.4 Å². The topological polar surface area (TPSA) is 69.7 Å². The molecule has 0 radical (unpaired) electrons. The number of hydrogen-bond acceptors (Lipinski definition) is 4. The number of aliphatic carboxylic acids is 1. The summed E-state index contributed by atoms with van der Waals surface area (Å²) in [6.07, 6.45) is 3.59. The van der Waals surface area contributed by atoms with Gasteiger partial charge in [0, 0.05) is 17.6 Å². The summed E-state index contributed by atoms with van der Waals surface area (Å²) in [5.41, 5.74) is 1.84. The molecule has 3 heterocycles. The maximum Gasteiger partial charge on any atom is 0.234 e. The van der Waals surface area contributed by atoms with E-state index in [1.807, 2.05) is 44.2 Å². The minimum atomic E-state index is -1.23. The van der Waals surface area contributed by atoms with Crippen LogP contribution < -0.4 is 10.0 Å². The van der Waals surface area contributed by atoms with Crippen molar-refractivity contribution >= 4 is 17.6 Å². The largest absolute Gasteiger partial charge is 0.550 e. The number of hydrogen-bond donors (Lipinski definition) is 0. The number of benzene rings is 1. The van der Waals surface area contributed by atoms with Crippen molar-refractivity contribution in [3.05, 3.63) is 54.1 Å². The monoisotopic (exact) mass is 338 g/mol. The Labute approximate surface area is 146 Å². The van der Waals surface area contributed by atoms with Gasteiger partial charge in [0.15, 0.2) is 0 Å². The highest BCUT2D eigenvalue weighted by atomic mass is 16.5. The average Bonchev–Trinajstić information content (AvgIpc) is 3.18. The van der Waals surface area contributed by atoms with Crippen LogP contribution in [0.15, 0.2) is 48.6 Å². The van der Waals surface area contributed by atoms with Crippen molar-refractivity contribution in [1.29, 1.82) is 0 Å². The predicted octanol–water partition coefficient (Wildman–Crippen LogP) is 1.37. The summed E-state index contributed by atoms with van der Waals surface area (Å²) in [5.74, 6) is -3.13. The zero-order valence-electron chi connectivity index (χ0n) is 14.3. The molecule has 1 amide bonds. The molecule has 1 aromatic rings. The molecule has 3 aliphatic rings. The van der Waals surface area contributed by atoms with Crippen molar-refractivity contribution in [1.82, 2.24) is 0 Å². The Balaban J connectivity index is 1.84. The normalized spacial score (nSPS) is 35.3. The Bertz CT molecular complexity index is 796. The number of anilines is 1. The highest BCUT2D eigenvalue weighted by molar-refractivity contribution is 6.03. The Morgan fingerprint density at radius 1 is 1.36 bits per heavy atom. The van der Waals surface area contributed by atoms with Crippen LogP contribution in [0, 0.1) is 18.8 Å². The molecule has 0 unspecified atom stereocenters. The van der Waals surface area contributed by atoms with Crippen molar-refractivity contribution in [2.75, 3.05) is 4.90 Å². The summed E-state index contributed by atoms with van der Waals surface area (Å²) in [7, 11) is 0. The first-order chi connectivity index (χ1) is 11.8. The fourth-order valence-corrected chi connectivity index (χ4v) is 4.51. The van der Waals surface area contributed by atoms with Gasteiger partial charge >= 0.3 is 0 Å². The number of carboxylic acid groups (broad SMARTS) is 1. The molecule has 130 valence electrons. The molecule has 1 spiro atoms. The van der Waals surface area contributed by atoms with Crippen LogP contribution in [-0.2, 0) is 14.3 Å². The highest BCUT2D eigenvalue weighted by Crippen LogP contribution is 2.56. The van der Waals surface area contributed by atoms with E-state index in [2.05, 4.69) is 6.58 Å². The lowest BCUT2D eigenvalue weighted by Gasteiger charge is -2.33. The lowest BCUT2D eigenvalue weighted by atomic mass is 9.74. The summed E-state index contributed by atoms with van der Waals surface area (Å²) in [6, 6.07) is 7.35. The molecule has 25 heavy (non-hydrogen) atoms. The maximum absolute atomic E-state index is 13.3. The molecule has 5 heteroatoms. The molecule has 0 aromatic heterocycles. The van der Waals surface area contributed by atoms with E-state index >= 15 is 0 Å². The minimum Gasteiger partial charge on any atom is -0.550 e. The van der Waals surface area contributed by atoms with E-state index in [0.717, 1.165) is 16.8 Å². The van der Waals surface area contributed by atoms with Crippen LogP contribution >= 0.6 is 0 Å². The van der Waals surface area contributed by atoms with Crippen LogP contribution in [0.1, 0.15) is 18.9 Å². The van der Waals surface area contributed by atoms with Gasteiger partial charge in [-0.25, -0.2) is 0 Å². The van der Waals surface area contributed by atoms with E-state index in [1.165, 1.54) is 0 Å². The van der Waals surface area contributed by atoms with Gasteiger partial charge in [-0.1, -0.05) is 35.4 Å². The zero-order valence-corrected chi connectivity index (χ0v) is 14.3. The number of carbonyl (C=O) groups is 2. The number of aryl methyl sites for hydroxylation is 1. The summed E-state index contributed by atoms with van der Waals surface area (Å²) in [4.78, 5) is 26.6. The minimum absolute atomic E-state index is 0.212. The van der Waals surface area contributed by atoms with Crippen LogP contribution in [-0.4, -0.2) is 29.6 Å². The Hall–Kier alpha value is -2.40. The Morgan fingerprint density at radius 3 is 2.64 bits per heavy atom.